The molecule has 0 aliphatic carbocycles. The first-order valence-electron chi connectivity index (χ1n) is 9.13. The minimum atomic E-state index is -3.61. The molecule has 3 saturated heterocycles. The van der Waals surface area contributed by atoms with Crippen molar-refractivity contribution < 1.29 is 27.4 Å². The van der Waals surface area contributed by atoms with E-state index in [0.29, 0.717) is 32.1 Å². The lowest BCUT2D eigenvalue weighted by Crippen LogP contribution is -2.62. The first kappa shape index (κ1) is 18.7. The topological polar surface area (TPSA) is 85.4 Å². The van der Waals surface area contributed by atoms with Crippen LogP contribution < -0.4 is 4.74 Å². The van der Waals surface area contributed by atoms with Crippen molar-refractivity contribution in [2.45, 2.75) is 23.5 Å². The molecule has 0 saturated carbocycles. The number of methoxy groups -OCH3 is 1. The van der Waals surface area contributed by atoms with Crippen molar-refractivity contribution in [3.63, 3.8) is 0 Å². The molecule has 27 heavy (non-hydrogen) atoms. The maximum Gasteiger partial charge on any atom is 0.243 e. The molecule has 1 amide bonds. The van der Waals surface area contributed by atoms with Gasteiger partial charge in [0.2, 0.25) is 15.9 Å². The predicted octanol–water partition coefficient (Wildman–Crippen LogP) is 0.332. The number of nitrogens with zero attached hydrogens (tertiary/aromatic N) is 2. The number of hydrogen-bond donors (Lipinski definition) is 0. The zero-order valence-electron chi connectivity index (χ0n) is 15.2. The summed E-state index contributed by atoms with van der Waals surface area (Å²) in [5, 5.41) is 0. The van der Waals surface area contributed by atoms with Crippen LogP contribution in [0.3, 0.4) is 0 Å². The molecule has 3 fully saturated rings. The molecular formula is C18H24N2O6S. The Hall–Kier alpha value is -1.68. The molecule has 3 atom stereocenters. The van der Waals surface area contributed by atoms with Gasteiger partial charge in [0.05, 0.1) is 36.7 Å². The molecule has 0 aromatic heterocycles. The van der Waals surface area contributed by atoms with Crippen molar-refractivity contribution in [1.82, 2.24) is 9.21 Å². The van der Waals surface area contributed by atoms with Crippen molar-refractivity contribution in [2.75, 3.05) is 46.5 Å². The molecule has 148 valence electrons. The van der Waals surface area contributed by atoms with Crippen molar-refractivity contribution in [3.8, 4) is 5.75 Å². The van der Waals surface area contributed by atoms with Crippen LogP contribution in [-0.4, -0.2) is 82.2 Å². The van der Waals surface area contributed by atoms with Crippen molar-refractivity contribution in [3.05, 3.63) is 24.3 Å². The molecule has 4 rings (SSSR count). The number of carbonyl (C=O) groups is 1. The van der Waals surface area contributed by atoms with Gasteiger partial charge in [0.15, 0.2) is 0 Å². The molecule has 3 aliphatic heterocycles. The van der Waals surface area contributed by atoms with E-state index in [1.807, 2.05) is 4.90 Å². The molecule has 3 aliphatic rings. The van der Waals surface area contributed by atoms with Gasteiger partial charge in [-0.2, -0.15) is 4.31 Å². The lowest BCUT2D eigenvalue weighted by Gasteiger charge is -2.45. The number of amides is 1. The fourth-order valence-corrected chi connectivity index (χ4v) is 5.42. The Morgan fingerprint density at radius 3 is 2.33 bits per heavy atom. The number of hydrogen-bond acceptors (Lipinski definition) is 6. The molecule has 2 bridgehead atoms. The Bertz CT molecular complexity index is 777. The third-order valence-corrected chi connectivity index (χ3v) is 7.18. The van der Waals surface area contributed by atoms with Crippen molar-refractivity contribution in [1.29, 1.82) is 0 Å². The summed E-state index contributed by atoms with van der Waals surface area (Å²) in [4.78, 5) is 14.7. The summed E-state index contributed by atoms with van der Waals surface area (Å²) in [5.74, 6) is 0.623. The van der Waals surface area contributed by atoms with Gasteiger partial charge in [-0.3, -0.25) is 4.79 Å². The number of rotatable bonds is 4. The van der Waals surface area contributed by atoms with Gasteiger partial charge in [-0.25, -0.2) is 8.42 Å². The number of fused-ring (bicyclic) bond motifs is 2. The summed E-state index contributed by atoms with van der Waals surface area (Å²) in [6, 6.07) is 6.38. The standard InChI is InChI=1S/C18H24N2O6S/c1-24-14-2-4-17(5-3-14)27(22,23)20-10-15-8-19(9-16(11-20)26-15)18(21)13-6-7-25-12-13/h2-5,13,15-16H,6-12H2,1H3. The first-order valence-corrected chi connectivity index (χ1v) is 10.6. The number of benzene rings is 1. The highest BCUT2D eigenvalue weighted by Crippen LogP contribution is 2.27. The maximum absolute atomic E-state index is 13.0. The van der Waals surface area contributed by atoms with Gasteiger partial charge in [0.1, 0.15) is 5.75 Å². The van der Waals surface area contributed by atoms with Crippen LogP contribution in [0.5, 0.6) is 5.75 Å². The van der Waals surface area contributed by atoms with E-state index in [-0.39, 0.29) is 42.0 Å². The van der Waals surface area contributed by atoms with Crippen LogP contribution in [0, 0.1) is 5.92 Å². The molecule has 3 heterocycles. The highest BCUT2D eigenvalue weighted by atomic mass is 32.2. The normalized spacial score (nSPS) is 28.9. The maximum atomic E-state index is 13.0. The highest BCUT2D eigenvalue weighted by molar-refractivity contribution is 7.89. The number of sulfonamides is 1. The van der Waals surface area contributed by atoms with Gasteiger partial charge in [0.25, 0.3) is 0 Å². The van der Waals surface area contributed by atoms with E-state index in [1.165, 1.54) is 11.4 Å². The molecule has 0 radical (unpaired) electrons. The zero-order chi connectivity index (χ0) is 19.0. The van der Waals surface area contributed by atoms with E-state index >= 15 is 0 Å². The van der Waals surface area contributed by atoms with Crippen molar-refractivity contribution in [2.24, 2.45) is 5.92 Å². The molecule has 0 spiro atoms. The van der Waals surface area contributed by atoms with E-state index in [9.17, 15) is 13.2 Å². The second kappa shape index (κ2) is 7.38. The SMILES string of the molecule is COc1ccc(S(=O)(=O)N2CC3CN(C(=O)C4CCOC4)CC(C2)O3)cc1. The minimum absolute atomic E-state index is 0.0806. The summed E-state index contributed by atoms with van der Waals surface area (Å²) in [7, 11) is -2.07. The molecule has 0 N–H and O–H groups in total. The summed E-state index contributed by atoms with van der Waals surface area (Å²) >= 11 is 0. The largest absolute Gasteiger partial charge is 0.497 e. The minimum Gasteiger partial charge on any atom is -0.497 e. The van der Waals surface area contributed by atoms with Gasteiger partial charge in [-0.05, 0) is 30.7 Å². The van der Waals surface area contributed by atoms with E-state index in [0.717, 1.165) is 6.42 Å². The van der Waals surface area contributed by atoms with Crippen LogP contribution in [0.2, 0.25) is 0 Å². The smallest absolute Gasteiger partial charge is 0.243 e. The Balaban J connectivity index is 1.45. The first-order chi connectivity index (χ1) is 13.0. The summed E-state index contributed by atoms with van der Waals surface area (Å²) in [5.41, 5.74) is 0. The van der Waals surface area contributed by atoms with Crippen LogP contribution in [0.15, 0.2) is 29.2 Å². The predicted molar refractivity (Wildman–Crippen MR) is 95.9 cm³/mol. The van der Waals surface area contributed by atoms with Gasteiger partial charge in [-0.15, -0.1) is 0 Å². The van der Waals surface area contributed by atoms with E-state index in [2.05, 4.69) is 0 Å². The molecule has 8 nitrogen and oxygen atoms in total. The van der Waals surface area contributed by atoms with E-state index in [1.54, 1.807) is 24.3 Å². The van der Waals surface area contributed by atoms with Gasteiger partial charge >= 0.3 is 0 Å². The second-order valence-electron chi connectivity index (χ2n) is 7.18. The summed E-state index contributed by atoms with van der Waals surface area (Å²) in [6.45, 7) is 2.43. The molecule has 1 aromatic carbocycles. The Labute approximate surface area is 159 Å². The van der Waals surface area contributed by atoms with Crippen LogP contribution in [0.4, 0.5) is 0 Å². The Kier molecular flexibility index (Phi) is 5.11. The lowest BCUT2D eigenvalue weighted by molar-refractivity contribution is -0.158. The van der Waals surface area contributed by atoms with E-state index in [4.69, 9.17) is 14.2 Å². The Morgan fingerprint density at radius 2 is 1.78 bits per heavy atom. The zero-order valence-corrected chi connectivity index (χ0v) is 16.1. The van der Waals surface area contributed by atoms with Crippen LogP contribution in [-0.2, 0) is 24.3 Å². The van der Waals surface area contributed by atoms with Crippen LogP contribution >= 0.6 is 0 Å². The Morgan fingerprint density at radius 1 is 1.11 bits per heavy atom. The molecule has 9 heteroatoms. The van der Waals surface area contributed by atoms with Crippen LogP contribution in [0.1, 0.15) is 6.42 Å². The second-order valence-corrected chi connectivity index (χ2v) is 9.12. The fourth-order valence-electron chi connectivity index (χ4n) is 3.92. The monoisotopic (exact) mass is 396 g/mol. The highest BCUT2D eigenvalue weighted by Gasteiger charge is 2.42. The van der Waals surface area contributed by atoms with Gasteiger partial charge < -0.3 is 19.1 Å². The third-order valence-electron chi connectivity index (χ3n) is 5.34. The number of morpholine rings is 2. The summed E-state index contributed by atoms with van der Waals surface area (Å²) < 4.78 is 43.7. The average molecular weight is 396 g/mol. The molecular weight excluding hydrogens is 372 g/mol. The van der Waals surface area contributed by atoms with Crippen molar-refractivity contribution >= 4 is 15.9 Å². The average Bonchev–Trinajstić information content (AvgIpc) is 3.21. The van der Waals surface area contributed by atoms with Gasteiger partial charge in [0, 0.05) is 32.8 Å². The number of ether oxygens (including phenoxy) is 3. The van der Waals surface area contributed by atoms with Crippen LogP contribution in [0.25, 0.3) is 0 Å². The molecule has 3 unspecified atom stereocenters. The van der Waals surface area contributed by atoms with Gasteiger partial charge in [-0.1, -0.05) is 0 Å². The third kappa shape index (κ3) is 3.69. The number of carbonyl (C=O) groups excluding carboxylic acids is 1. The van der Waals surface area contributed by atoms with E-state index < -0.39 is 10.0 Å². The quantitative estimate of drug-likeness (QED) is 0.729. The lowest BCUT2D eigenvalue weighted by atomic mass is 10.0. The fraction of sp³-hybridized carbons (Fsp3) is 0.611. The molecule has 1 aromatic rings. The summed E-state index contributed by atoms with van der Waals surface area (Å²) in [6.07, 6.45) is 0.136.